The van der Waals surface area contributed by atoms with Gasteiger partial charge in [0.15, 0.2) is 28.9 Å². The first kappa shape index (κ1) is 18.6. The van der Waals surface area contributed by atoms with Crippen molar-refractivity contribution < 1.29 is 32.6 Å². The standard InChI is InChI=1S/C16H13F2N3O5S/c1-2-5-19-15-21-10(8-27-15)14(23)24-7-13(22)20-9-3-4-11-12(6-9)26-16(17,18)25-11/h2-4,6,8H,1,5,7H2,(H,19,21)(H,20,22). The Hall–Kier alpha value is -3.21. The van der Waals surface area contributed by atoms with Crippen LogP contribution in [0.4, 0.5) is 19.6 Å². The highest BCUT2D eigenvalue weighted by Gasteiger charge is 2.43. The number of ether oxygens (including phenoxy) is 3. The lowest BCUT2D eigenvalue weighted by atomic mass is 10.3. The second-order valence-corrected chi connectivity index (χ2v) is 6.02. The molecule has 11 heteroatoms. The number of esters is 1. The Labute approximate surface area is 155 Å². The van der Waals surface area contributed by atoms with Crippen LogP contribution in [-0.2, 0) is 9.53 Å². The first-order valence-corrected chi connectivity index (χ1v) is 8.41. The van der Waals surface area contributed by atoms with Crippen molar-refractivity contribution >= 4 is 34.0 Å². The molecule has 142 valence electrons. The van der Waals surface area contributed by atoms with Gasteiger partial charge in [0, 0.05) is 23.7 Å². The number of nitrogens with zero attached hydrogens (tertiary/aromatic N) is 1. The number of fused-ring (bicyclic) bond motifs is 1. The van der Waals surface area contributed by atoms with Crippen LogP contribution in [0.5, 0.6) is 11.5 Å². The number of benzene rings is 1. The molecule has 2 N–H and O–H groups in total. The van der Waals surface area contributed by atoms with Gasteiger partial charge in [-0.05, 0) is 12.1 Å². The zero-order valence-electron chi connectivity index (χ0n) is 13.7. The van der Waals surface area contributed by atoms with E-state index in [-0.39, 0.29) is 22.9 Å². The van der Waals surface area contributed by atoms with Crippen LogP contribution in [0.3, 0.4) is 0 Å². The van der Waals surface area contributed by atoms with Crippen molar-refractivity contribution in [3.63, 3.8) is 0 Å². The van der Waals surface area contributed by atoms with E-state index in [0.29, 0.717) is 11.7 Å². The van der Waals surface area contributed by atoms with Crippen molar-refractivity contribution in [3.8, 4) is 11.5 Å². The van der Waals surface area contributed by atoms with Gasteiger partial charge in [0.2, 0.25) is 0 Å². The normalized spacial score (nSPS) is 13.7. The Balaban J connectivity index is 1.51. The molecule has 2 heterocycles. The smallest absolute Gasteiger partial charge is 0.451 e. The molecule has 0 radical (unpaired) electrons. The van der Waals surface area contributed by atoms with Gasteiger partial charge in [-0.15, -0.1) is 26.7 Å². The fourth-order valence-electron chi connectivity index (χ4n) is 2.04. The Morgan fingerprint density at radius 3 is 2.89 bits per heavy atom. The van der Waals surface area contributed by atoms with Crippen molar-refractivity contribution in [3.05, 3.63) is 41.9 Å². The fraction of sp³-hybridized carbons (Fsp3) is 0.188. The molecule has 0 aliphatic carbocycles. The number of nitrogens with one attached hydrogen (secondary N) is 2. The van der Waals surface area contributed by atoms with Crippen molar-refractivity contribution in [2.24, 2.45) is 0 Å². The summed E-state index contributed by atoms with van der Waals surface area (Å²) < 4.78 is 39.4. The van der Waals surface area contributed by atoms with Gasteiger partial charge in [0.1, 0.15) is 0 Å². The third-order valence-electron chi connectivity index (χ3n) is 3.13. The minimum Gasteiger partial charge on any atom is -0.451 e. The molecule has 1 aliphatic rings. The summed E-state index contributed by atoms with van der Waals surface area (Å²) in [5, 5.41) is 7.33. The summed E-state index contributed by atoms with van der Waals surface area (Å²) in [5.74, 6) is -1.78. The monoisotopic (exact) mass is 397 g/mol. The Morgan fingerprint density at radius 2 is 2.11 bits per heavy atom. The summed E-state index contributed by atoms with van der Waals surface area (Å²) in [6, 6.07) is 3.75. The van der Waals surface area contributed by atoms with E-state index in [1.54, 1.807) is 6.08 Å². The van der Waals surface area contributed by atoms with E-state index < -0.39 is 24.8 Å². The number of halogens is 2. The number of aromatic nitrogens is 1. The number of carbonyl (C=O) groups is 2. The first-order valence-electron chi connectivity index (χ1n) is 7.53. The summed E-state index contributed by atoms with van der Waals surface area (Å²) in [6.07, 6.45) is -2.10. The fourth-order valence-corrected chi connectivity index (χ4v) is 2.73. The molecule has 8 nitrogen and oxygen atoms in total. The second-order valence-electron chi connectivity index (χ2n) is 5.16. The van der Waals surface area contributed by atoms with E-state index in [1.165, 1.54) is 34.9 Å². The molecule has 1 aliphatic heterocycles. The van der Waals surface area contributed by atoms with E-state index in [9.17, 15) is 18.4 Å². The maximum absolute atomic E-state index is 13.0. The van der Waals surface area contributed by atoms with E-state index in [0.717, 1.165) is 0 Å². The van der Waals surface area contributed by atoms with Crippen molar-refractivity contribution in [1.82, 2.24) is 4.98 Å². The lowest BCUT2D eigenvalue weighted by Crippen LogP contribution is -2.25. The van der Waals surface area contributed by atoms with Gasteiger partial charge >= 0.3 is 12.3 Å². The number of thiazole rings is 1. The third-order valence-corrected chi connectivity index (χ3v) is 3.93. The van der Waals surface area contributed by atoms with Crippen LogP contribution < -0.4 is 20.1 Å². The van der Waals surface area contributed by atoms with E-state index in [1.807, 2.05) is 0 Å². The highest BCUT2D eigenvalue weighted by Crippen LogP contribution is 2.42. The Kier molecular flexibility index (Phi) is 5.21. The van der Waals surface area contributed by atoms with Gasteiger partial charge in [-0.1, -0.05) is 6.08 Å². The van der Waals surface area contributed by atoms with Crippen LogP contribution in [0.2, 0.25) is 0 Å². The van der Waals surface area contributed by atoms with Crippen LogP contribution in [-0.4, -0.2) is 36.3 Å². The molecule has 0 saturated carbocycles. The molecule has 3 rings (SSSR count). The summed E-state index contributed by atoms with van der Waals surface area (Å²) in [7, 11) is 0. The molecule has 1 amide bonds. The third kappa shape index (κ3) is 4.70. The van der Waals surface area contributed by atoms with Crippen molar-refractivity contribution in [2.45, 2.75) is 6.29 Å². The zero-order chi connectivity index (χ0) is 19.4. The summed E-state index contributed by atoms with van der Waals surface area (Å²) in [6.45, 7) is 3.47. The quantitative estimate of drug-likeness (QED) is 0.548. The number of anilines is 2. The highest BCUT2D eigenvalue weighted by atomic mass is 32.1. The van der Waals surface area contributed by atoms with Gasteiger partial charge in [0.25, 0.3) is 5.91 Å². The predicted octanol–water partition coefficient (Wildman–Crippen LogP) is 2.86. The SMILES string of the molecule is C=CCNc1nc(C(=O)OCC(=O)Nc2ccc3c(c2)OC(F)(F)O3)cs1. The van der Waals surface area contributed by atoms with Gasteiger partial charge in [-0.3, -0.25) is 4.79 Å². The minimum absolute atomic E-state index is 0.0599. The number of carbonyl (C=O) groups excluding carboxylic acids is 2. The molecule has 0 saturated heterocycles. The number of hydrogen-bond acceptors (Lipinski definition) is 8. The Bertz CT molecular complexity index is 887. The average molecular weight is 397 g/mol. The second kappa shape index (κ2) is 7.58. The topological polar surface area (TPSA) is 98.8 Å². The highest BCUT2D eigenvalue weighted by molar-refractivity contribution is 7.13. The van der Waals surface area contributed by atoms with Crippen LogP contribution in [0.1, 0.15) is 10.5 Å². The number of amides is 1. The largest absolute Gasteiger partial charge is 0.586 e. The van der Waals surface area contributed by atoms with Gasteiger partial charge < -0.3 is 24.8 Å². The molecule has 0 spiro atoms. The van der Waals surface area contributed by atoms with Crippen molar-refractivity contribution in [2.75, 3.05) is 23.8 Å². The number of alkyl halides is 2. The molecule has 1 aromatic heterocycles. The van der Waals surface area contributed by atoms with Gasteiger partial charge in [-0.2, -0.15) is 0 Å². The number of rotatable bonds is 7. The van der Waals surface area contributed by atoms with E-state index in [2.05, 4.69) is 31.7 Å². The van der Waals surface area contributed by atoms with Gasteiger partial charge in [0.05, 0.1) is 0 Å². The maximum atomic E-state index is 13.0. The first-order chi connectivity index (χ1) is 12.9. The molecular weight excluding hydrogens is 384 g/mol. The summed E-state index contributed by atoms with van der Waals surface area (Å²) >= 11 is 1.21. The lowest BCUT2D eigenvalue weighted by Gasteiger charge is -2.06. The summed E-state index contributed by atoms with van der Waals surface area (Å²) in [4.78, 5) is 27.8. The molecule has 2 aromatic rings. The molecule has 0 atom stereocenters. The number of hydrogen-bond donors (Lipinski definition) is 2. The lowest BCUT2D eigenvalue weighted by molar-refractivity contribution is -0.286. The molecule has 0 unspecified atom stereocenters. The summed E-state index contributed by atoms with van der Waals surface area (Å²) in [5.41, 5.74) is 0.241. The van der Waals surface area contributed by atoms with Gasteiger partial charge in [-0.25, -0.2) is 9.78 Å². The van der Waals surface area contributed by atoms with Crippen LogP contribution in [0.15, 0.2) is 36.2 Å². The molecule has 0 fully saturated rings. The predicted molar refractivity (Wildman–Crippen MR) is 92.4 cm³/mol. The maximum Gasteiger partial charge on any atom is 0.586 e. The minimum atomic E-state index is -3.74. The Morgan fingerprint density at radius 1 is 1.33 bits per heavy atom. The molecular formula is C16H13F2N3O5S. The van der Waals surface area contributed by atoms with Crippen molar-refractivity contribution in [1.29, 1.82) is 0 Å². The van der Waals surface area contributed by atoms with Crippen LogP contribution in [0.25, 0.3) is 0 Å². The van der Waals surface area contributed by atoms with E-state index >= 15 is 0 Å². The van der Waals surface area contributed by atoms with Crippen LogP contribution in [0, 0.1) is 0 Å². The van der Waals surface area contributed by atoms with E-state index in [4.69, 9.17) is 4.74 Å². The molecule has 0 bridgehead atoms. The zero-order valence-corrected chi connectivity index (χ0v) is 14.5. The average Bonchev–Trinajstić information content (AvgIpc) is 3.20. The molecule has 1 aromatic carbocycles. The van der Waals surface area contributed by atoms with Crippen LogP contribution >= 0.6 is 11.3 Å². The molecule has 27 heavy (non-hydrogen) atoms.